The largest absolute Gasteiger partial charge is 0.275 e. The van der Waals surface area contributed by atoms with Crippen molar-refractivity contribution in [3.63, 3.8) is 0 Å². The summed E-state index contributed by atoms with van der Waals surface area (Å²) in [5.41, 5.74) is 0.902. The molecule has 0 unspecified atom stereocenters. The van der Waals surface area contributed by atoms with Gasteiger partial charge in [-0.2, -0.15) is 5.10 Å². The van der Waals surface area contributed by atoms with Crippen LogP contribution in [0.3, 0.4) is 0 Å². The summed E-state index contributed by atoms with van der Waals surface area (Å²) >= 11 is 0. The molecule has 0 saturated heterocycles. The normalized spacial score (nSPS) is 12.3. The molecular weight excluding hydrogens is 214 g/mol. The summed E-state index contributed by atoms with van der Waals surface area (Å²) < 4.78 is 26.3. The number of aryl methyl sites for hydroxylation is 1. The molecule has 0 aromatic carbocycles. The first-order valence-electron chi connectivity index (χ1n) is 4.87. The van der Waals surface area contributed by atoms with Gasteiger partial charge in [-0.1, -0.05) is 6.92 Å². The molecule has 1 rings (SSSR count). The van der Waals surface area contributed by atoms with Crippen LogP contribution in [-0.2, 0) is 23.6 Å². The molecule has 0 aliphatic heterocycles. The summed E-state index contributed by atoms with van der Waals surface area (Å²) in [6, 6.07) is 0. The summed E-state index contributed by atoms with van der Waals surface area (Å²) in [6.45, 7) is 2.24. The highest BCUT2D eigenvalue weighted by Gasteiger charge is 2.16. The molecule has 0 radical (unpaired) electrons. The average Bonchev–Trinajstić information content (AvgIpc) is 2.51. The molecule has 5 nitrogen and oxygen atoms in total. The molecule has 1 heterocycles. The Bertz CT molecular complexity index is 411. The molecule has 0 amide bonds. The van der Waals surface area contributed by atoms with Crippen LogP contribution in [-0.4, -0.2) is 35.3 Å². The van der Waals surface area contributed by atoms with E-state index >= 15 is 0 Å². The molecular formula is C9H17N3O2S. The van der Waals surface area contributed by atoms with Crippen LogP contribution < -0.4 is 0 Å². The highest BCUT2D eigenvalue weighted by Crippen LogP contribution is 2.07. The first kappa shape index (κ1) is 12.2. The molecule has 0 N–H and O–H groups in total. The zero-order valence-corrected chi connectivity index (χ0v) is 10.2. The van der Waals surface area contributed by atoms with Crippen LogP contribution in [0.15, 0.2) is 12.4 Å². The topological polar surface area (TPSA) is 55.2 Å². The lowest BCUT2D eigenvalue weighted by atomic mass is 10.4. The second kappa shape index (κ2) is 4.76. The van der Waals surface area contributed by atoms with E-state index in [9.17, 15) is 8.42 Å². The highest BCUT2D eigenvalue weighted by molar-refractivity contribution is 7.89. The van der Waals surface area contributed by atoms with Crippen LogP contribution in [0.2, 0.25) is 0 Å². The Hall–Kier alpha value is -0.880. The maximum Gasteiger partial charge on any atom is 0.214 e. The molecule has 86 valence electrons. The molecule has 0 saturated carbocycles. The number of hydrogen-bond acceptors (Lipinski definition) is 3. The summed E-state index contributed by atoms with van der Waals surface area (Å²) in [7, 11) is 0.302. The van der Waals surface area contributed by atoms with E-state index in [4.69, 9.17) is 0 Å². The third-order valence-corrected chi connectivity index (χ3v) is 4.10. The Morgan fingerprint density at radius 1 is 1.53 bits per heavy atom. The third-order valence-electron chi connectivity index (χ3n) is 2.10. The van der Waals surface area contributed by atoms with E-state index in [-0.39, 0.29) is 5.75 Å². The third kappa shape index (κ3) is 3.32. The van der Waals surface area contributed by atoms with Crippen molar-refractivity contribution in [3.05, 3.63) is 18.0 Å². The lowest BCUT2D eigenvalue weighted by Crippen LogP contribution is -2.28. The number of hydrogen-bond donors (Lipinski definition) is 0. The SMILES string of the molecule is CCCS(=O)(=O)N(C)Cc1cnn(C)c1. The summed E-state index contributed by atoms with van der Waals surface area (Å²) in [4.78, 5) is 0. The van der Waals surface area contributed by atoms with Gasteiger partial charge in [-0.25, -0.2) is 12.7 Å². The van der Waals surface area contributed by atoms with Crippen molar-refractivity contribution in [2.75, 3.05) is 12.8 Å². The fourth-order valence-electron chi connectivity index (χ4n) is 1.32. The van der Waals surface area contributed by atoms with Gasteiger partial charge in [0.15, 0.2) is 0 Å². The molecule has 0 aliphatic rings. The van der Waals surface area contributed by atoms with Gasteiger partial charge in [0.05, 0.1) is 11.9 Å². The maximum atomic E-state index is 11.6. The van der Waals surface area contributed by atoms with E-state index in [0.29, 0.717) is 13.0 Å². The number of rotatable bonds is 5. The quantitative estimate of drug-likeness (QED) is 0.745. The van der Waals surface area contributed by atoms with Gasteiger partial charge in [-0.05, 0) is 6.42 Å². The van der Waals surface area contributed by atoms with E-state index in [1.807, 2.05) is 20.2 Å². The molecule has 15 heavy (non-hydrogen) atoms. The monoisotopic (exact) mass is 231 g/mol. The minimum absolute atomic E-state index is 0.198. The number of sulfonamides is 1. The van der Waals surface area contributed by atoms with Gasteiger partial charge in [-0.15, -0.1) is 0 Å². The minimum Gasteiger partial charge on any atom is -0.275 e. The number of aromatic nitrogens is 2. The fraction of sp³-hybridized carbons (Fsp3) is 0.667. The molecule has 6 heteroatoms. The van der Waals surface area contributed by atoms with Crippen LogP contribution >= 0.6 is 0 Å². The van der Waals surface area contributed by atoms with Gasteiger partial charge in [-0.3, -0.25) is 4.68 Å². The smallest absolute Gasteiger partial charge is 0.214 e. The first-order valence-corrected chi connectivity index (χ1v) is 6.48. The van der Waals surface area contributed by atoms with E-state index in [1.165, 1.54) is 4.31 Å². The number of nitrogens with zero attached hydrogens (tertiary/aromatic N) is 3. The molecule has 1 aromatic heterocycles. The van der Waals surface area contributed by atoms with E-state index < -0.39 is 10.0 Å². The molecule has 0 spiro atoms. The van der Waals surface area contributed by atoms with Crippen LogP contribution in [0, 0.1) is 0 Å². The van der Waals surface area contributed by atoms with Crippen LogP contribution in [0.25, 0.3) is 0 Å². The second-order valence-electron chi connectivity index (χ2n) is 3.59. The Balaban J connectivity index is 2.67. The summed E-state index contributed by atoms with van der Waals surface area (Å²) in [5.74, 6) is 0.198. The fourth-order valence-corrected chi connectivity index (χ4v) is 2.50. The van der Waals surface area contributed by atoms with Gasteiger partial charge < -0.3 is 0 Å². The standard InChI is InChI=1S/C9H17N3O2S/c1-4-5-15(13,14)12(3)8-9-6-10-11(2)7-9/h6-7H,4-5,8H2,1-3H3. The van der Waals surface area contributed by atoms with Crippen molar-refractivity contribution < 1.29 is 8.42 Å². The van der Waals surface area contributed by atoms with Gasteiger partial charge in [0.2, 0.25) is 10.0 Å². The predicted molar refractivity (Wildman–Crippen MR) is 58.8 cm³/mol. The lowest BCUT2D eigenvalue weighted by molar-refractivity contribution is 0.466. The van der Waals surface area contributed by atoms with Gasteiger partial charge >= 0.3 is 0 Å². The maximum absolute atomic E-state index is 11.6. The van der Waals surface area contributed by atoms with Crippen molar-refractivity contribution in [1.29, 1.82) is 0 Å². The highest BCUT2D eigenvalue weighted by atomic mass is 32.2. The van der Waals surface area contributed by atoms with Crippen molar-refractivity contribution in [2.24, 2.45) is 7.05 Å². The van der Waals surface area contributed by atoms with Crippen LogP contribution in [0.1, 0.15) is 18.9 Å². The van der Waals surface area contributed by atoms with Crippen molar-refractivity contribution in [1.82, 2.24) is 14.1 Å². The van der Waals surface area contributed by atoms with E-state index in [1.54, 1.807) is 17.9 Å². The lowest BCUT2D eigenvalue weighted by Gasteiger charge is -2.15. The minimum atomic E-state index is -3.10. The van der Waals surface area contributed by atoms with E-state index in [0.717, 1.165) is 5.56 Å². The Kier molecular flexibility index (Phi) is 3.87. The van der Waals surface area contributed by atoms with Gasteiger partial charge in [0.1, 0.15) is 0 Å². The molecule has 0 bridgehead atoms. The zero-order chi connectivity index (χ0) is 11.5. The van der Waals surface area contributed by atoms with Crippen LogP contribution in [0.4, 0.5) is 0 Å². The Labute approximate surface area is 90.7 Å². The van der Waals surface area contributed by atoms with Crippen molar-refractivity contribution in [3.8, 4) is 0 Å². The van der Waals surface area contributed by atoms with Gasteiger partial charge in [0.25, 0.3) is 0 Å². The average molecular weight is 231 g/mol. The summed E-state index contributed by atoms with van der Waals surface area (Å²) in [5, 5.41) is 3.99. The van der Waals surface area contributed by atoms with E-state index in [2.05, 4.69) is 5.10 Å². The molecule has 0 atom stereocenters. The predicted octanol–water partition coefficient (Wildman–Crippen LogP) is 0.592. The molecule has 1 aromatic rings. The Morgan fingerprint density at radius 2 is 2.20 bits per heavy atom. The first-order chi connectivity index (χ1) is 6.95. The van der Waals surface area contributed by atoms with Crippen LogP contribution in [0.5, 0.6) is 0 Å². The van der Waals surface area contributed by atoms with Crippen molar-refractivity contribution in [2.45, 2.75) is 19.9 Å². The molecule has 0 aliphatic carbocycles. The molecule has 0 fully saturated rings. The van der Waals surface area contributed by atoms with Gasteiger partial charge in [0, 0.05) is 32.4 Å². The Morgan fingerprint density at radius 3 is 2.67 bits per heavy atom. The zero-order valence-electron chi connectivity index (χ0n) is 9.34. The second-order valence-corrected chi connectivity index (χ2v) is 5.79. The van der Waals surface area contributed by atoms with Crippen molar-refractivity contribution >= 4 is 10.0 Å². The summed E-state index contributed by atoms with van der Waals surface area (Å²) in [6.07, 6.45) is 4.13.